The molecular formula is C15H15NO2. The molecule has 2 aromatic rings. The van der Waals surface area contributed by atoms with Crippen LogP contribution in [0.1, 0.15) is 15.9 Å². The molecule has 1 N–H and O–H groups in total. The highest BCUT2D eigenvalue weighted by molar-refractivity contribution is 5.97. The largest absolute Gasteiger partial charge is 0.478 e. The average molecular weight is 241 g/mol. The third kappa shape index (κ3) is 2.20. The Bertz CT molecular complexity index is 564. The highest BCUT2D eigenvalue weighted by atomic mass is 16.4. The molecular weight excluding hydrogens is 226 g/mol. The SMILES string of the molecule is Cc1cccc(N(C)c2ccccc2)c1C(=O)O. The maximum Gasteiger partial charge on any atom is 0.338 e. The molecule has 0 unspecified atom stereocenters. The summed E-state index contributed by atoms with van der Waals surface area (Å²) in [7, 11) is 1.87. The van der Waals surface area contributed by atoms with E-state index in [-0.39, 0.29) is 0 Å². The second-order valence-electron chi connectivity index (χ2n) is 4.17. The van der Waals surface area contributed by atoms with Gasteiger partial charge in [0.25, 0.3) is 0 Å². The van der Waals surface area contributed by atoms with Crippen LogP contribution in [0.4, 0.5) is 11.4 Å². The Labute approximate surface area is 106 Å². The summed E-state index contributed by atoms with van der Waals surface area (Å²) in [4.78, 5) is 13.2. The van der Waals surface area contributed by atoms with Crippen molar-refractivity contribution in [1.82, 2.24) is 0 Å². The highest BCUT2D eigenvalue weighted by Crippen LogP contribution is 2.28. The lowest BCUT2D eigenvalue weighted by Crippen LogP contribution is -2.15. The molecule has 0 atom stereocenters. The summed E-state index contributed by atoms with van der Waals surface area (Å²) in [6, 6.07) is 15.2. The molecule has 0 radical (unpaired) electrons. The molecule has 0 saturated heterocycles. The van der Waals surface area contributed by atoms with E-state index in [1.54, 1.807) is 0 Å². The Hall–Kier alpha value is -2.29. The molecule has 0 aliphatic rings. The fraction of sp³-hybridized carbons (Fsp3) is 0.133. The number of aryl methyl sites for hydroxylation is 1. The van der Waals surface area contributed by atoms with Crippen LogP contribution in [0.2, 0.25) is 0 Å². The summed E-state index contributed by atoms with van der Waals surface area (Å²) in [6.45, 7) is 1.81. The van der Waals surface area contributed by atoms with Crippen molar-refractivity contribution in [2.75, 3.05) is 11.9 Å². The molecule has 0 spiro atoms. The number of rotatable bonds is 3. The van der Waals surface area contributed by atoms with Gasteiger partial charge in [0, 0.05) is 12.7 Å². The van der Waals surface area contributed by atoms with Gasteiger partial charge in [0.15, 0.2) is 0 Å². The molecule has 2 aromatic carbocycles. The molecule has 2 rings (SSSR count). The van der Waals surface area contributed by atoms with Crippen LogP contribution in [0.3, 0.4) is 0 Å². The van der Waals surface area contributed by atoms with Crippen molar-refractivity contribution in [2.24, 2.45) is 0 Å². The van der Waals surface area contributed by atoms with E-state index >= 15 is 0 Å². The first kappa shape index (κ1) is 12.2. The third-order valence-corrected chi connectivity index (χ3v) is 2.97. The number of hydrogen-bond acceptors (Lipinski definition) is 2. The van der Waals surface area contributed by atoms with Crippen LogP contribution < -0.4 is 4.90 Å². The van der Waals surface area contributed by atoms with Crippen molar-refractivity contribution in [3.05, 3.63) is 59.7 Å². The predicted octanol–water partition coefficient (Wildman–Crippen LogP) is 3.46. The van der Waals surface area contributed by atoms with E-state index in [4.69, 9.17) is 0 Å². The van der Waals surface area contributed by atoms with Crippen LogP contribution in [0.25, 0.3) is 0 Å². The zero-order chi connectivity index (χ0) is 13.1. The van der Waals surface area contributed by atoms with Gasteiger partial charge in [0.2, 0.25) is 0 Å². The first-order valence-electron chi connectivity index (χ1n) is 5.73. The van der Waals surface area contributed by atoms with Crippen molar-refractivity contribution in [1.29, 1.82) is 0 Å². The van der Waals surface area contributed by atoms with Gasteiger partial charge in [-0.05, 0) is 30.7 Å². The second-order valence-corrected chi connectivity index (χ2v) is 4.17. The number of anilines is 2. The minimum Gasteiger partial charge on any atom is -0.478 e. The maximum atomic E-state index is 11.4. The maximum absolute atomic E-state index is 11.4. The molecule has 0 aliphatic heterocycles. The minimum atomic E-state index is -0.897. The standard InChI is InChI=1S/C15H15NO2/c1-11-7-6-10-13(14(11)15(17)18)16(2)12-8-4-3-5-9-12/h3-10H,1-2H3,(H,17,18). The molecule has 0 saturated carbocycles. The zero-order valence-electron chi connectivity index (χ0n) is 10.4. The summed E-state index contributed by atoms with van der Waals surface area (Å²) in [5.41, 5.74) is 2.78. The Kier molecular flexibility index (Phi) is 3.33. The van der Waals surface area contributed by atoms with Crippen molar-refractivity contribution in [3.63, 3.8) is 0 Å². The smallest absolute Gasteiger partial charge is 0.338 e. The molecule has 3 nitrogen and oxygen atoms in total. The van der Waals surface area contributed by atoms with Gasteiger partial charge in [-0.3, -0.25) is 0 Å². The molecule has 0 amide bonds. The van der Waals surface area contributed by atoms with Gasteiger partial charge in [-0.15, -0.1) is 0 Å². The van der Waals surface area contributed by atoms with Crippen molar-refractivity contribution in [2.45, 2.75) is 6.92 Å². The number of nitrogens with zero attached hydrogens (tertiary/aromatic N) is 1. The number of hydrogen-bond donors (Lipinski definition) is 1. The molecule has 0 heterocycles. The van der Waals surface area contributed by atoms with Crippen LogP contribution >= 0.6 is 0 Å². The second kappa shape index (κ2) is 4.92. The fourth-order valence-electron chi connectivity index (χ4n) is 2.00. The third-order valence-electron chi connectivity index (χ3n) is 2.97. The van der Waals surface area contributed by atoms with E-state index < -0.39 is 5.97 Å². The molecule has 3 heteroatoms. The van der Waals surface area contributed by atoms with E-state index in [1.807, 2.05) is 67.4 Å². The van der Waals surface area contributed by atoms with Gasteiger partial charge < -0.3 is 10.0 Å². The number of carboxylic acid groups (broad SMARTS) is 1. The summed E-state index contributed by atoms with van der Waals surface area (Å²) in [6.07, 6.45) is 0. The minimum absolute atomic E-state index is 0.351. The summed E-state index contributed by atoms with van der Waals surface area (Å²) in [5.74, 6) is -0.897. The molecule has 0 aromatic heterocycles. The van der Waals surface area contributed by atoms with Crippen LogP contribution in [0, 0.1) is 6.92 Å². The monoisotopic (exact) mass is 241 g/mol. The molecule has 0 aliphatic carbocycles. The van der Waals surface area contributed by atoms with Gasteiger partial charge in [-0.1, -0.05) is 30.3 Å². The van der Waals surface area contributed by atoms with E-state index in [0.717, 1.165) is 11.3 Å². The average Bonchev–Trinajstić information content (AvgIpc) is 2.38. The first-order chi connectivity index (χ1) is 8.61. The molecule has 0 fully saturated rings. The summed E-state index contributed by atoms with van der Waals surface area (Å²) in [5, 5.41) is 9.32. The summed E-state index contributed by atoms with van der Waals surface area (Å²) < 4.78 is 0. The van der Waals surface area contributed by atoms with Crippen molar-refractivity contribution >= 4 is 17.3 Å². The molecule has 92 valence electrons. The molecule has 18 heavy (non-hydrogen) atoms. The van der Waals surface area contributed by atoms with Crippen LogP contribution in [0.15, 0.2) is 48.5 Å². The highest BCUT2D eigenvalue weighted by Gasteiger charge is 2.16. The number of benzene rings is 2. The van der Waals surface area contributed by atoms with Crippen LogP contribution in [-0.2, 0) is 0 Å². The van der Waals surface area contributed by atoms with Gasteiger partial charge >= 0.3 is 5.97 Å². The lowest BCUT2D eigenvalue weighted by atomic mass is 10.1. The quantitative estimate of drug-likeness (QED) is 0.894. The topological polar surface area (TPSA) is 40.5 Å². The van der Waals surface area contributed by atoms with Crippen LogP contribution in [-0.4, -0.2) is 18.1 Å². The Morgan fingerprint density at radius 1 is 1.06 bits per heavy atom. The predicted molar refractivity (Wildman–Crippen MR) is 72.6 cm³/mol. The lowest BCUT2D eigenvalue weighted by Gasteiger charge is -2.22. The van der Waals surface area contributed by atoms with Gasteiger partial charge in [-0.25, -0.2) is 4.79 Å². The van der Waals surface area contributed by atoms with E-state index in [9.17, 15) is 9.90 Å². The number of carbonyl (C=O) groups is 1. The van der Waals surface area contributed by atoms with E-state index in [0.29, 0.717) is 11.3 Å². The van der Waals surface area contributed by atoms with Crippen molar-refractivity contribution < 1.29 is 9.90 Å². The van der Waals surface area contributed by atoms with Gasteiger partial charge in [0.05, 0.1) is 11.3 Å². The van der Waals surface area contributed by atoms with Crippen LogP contribution in [0.5, 0.6) is 0 Å². The molecule has 0 bridgehead atoms. The van der Waals surface area contributed by atoms with E-state index in [1.165, 1.54) is 0 Å². The van der Waals surface area contributed by atoms with Gasteiger partial charge in [-0.2, -0.15) is 0 Å². The van der Waals surface area contributed by atoms with Crippen molar-refractivity contribution in [3.8, 4) is 0 Å². The first-order valence-corrected chi connectivity index (χ1v) is 5.73. The Morgan fingerprint density at radius 2 is 1.72 bits per heavy atom. The zero-order valence-corrected chi connectivity index (χ0v) is 10.4. The fourth-order valence-corrected chi connectivity index (χ4v) is 2.00. The number of para-hydroxylation sites is 1. The number of carboxylic acids is 1. The lowest BCUT2D eigenvalue weighted by molar-refractivity contribution is 0.0697. The Balaban J connectivity index is 2.52. The summed E-state index contributed by atoms with van der Waals surface area (Å²) >= 11 is 0. The van der Waals surface area contributed by atoms with Gasteiger partial charge in [0.1, 0.15) is 0 Å². The normalized spacial score (nSPS) is 10.1. The number of aromatic carboxylic acids is 1. The Morgan fingerprint density at radius 3 is 2.33 bits per heavy atom. The van der Waals surface area contributed by atoms with E-state index in [2.05, 4.69) is 0 Å².